The molecule has 110 valence electrons. The predicted octanol–water partition coefficient (Wildman–Crippen LogP) is 3.03. The van der Waals surface area contributed by atoms with Crippen LogP contribution >= 0.6 is 34.8 Å². The van der Waals surface area contributed by atoms with Crippen molar-refractivity contribution in [1.82, 2.24) is 10.2 Å². The summed E-state index contributed by atoms with van der Waals surface area (Å²) >= 11 is 7.26. The number of halogens is 4. The zero-order valence-electron chi connectivity index (χ0n) is 10.4. The van der Waals surface area contributed by atoms with Crippen molar-refractivity contribution in [1.29, 1.82) is 0 Å². The van der Waals surface area contributed by atoms with Crippen LogP contribution < -0.4 is 10.1 Å². The molecule has 1 aliphatic rings. The van der Waals surface area contributed by atoms with E-state index >= 15 is 0 Å². The first-order chi connectivity index (χ1) is 9.32. The second-order valence-electron chi connectivity index (χ2n) is 4.26. The summed E-state index contributed by atoms with van der Waals surface area (Å²) in [7, 11) is 1.73. The van der Waals surface area contributed by atoms with Crippen molar-refractivity contribution < 1.29 is 17.9 Å². The molecule has 1 saturated heterocycles. The van der Waals surface area contributed by atoms with Gasteiger partial charge < -0.3 is 15.0 Å². The molecule has 0 radical (unpaired) electrons. The number of nitrogens with zero attached hydrogens (tertiary/aromatic N) is 1. The summed E-state index contributed by atoms with van der Waals surface area (Å²) in [5, 5.41) is 3.46. The Hall–Kier alpha value is -0.770. The minimum Gasteiger partial charge on any atom is -0.486 e. The highest BCUT2D eigenvalue weighted by atomic mass is 127. The van der Waals surface area contributed by atoms with E-state index in [2.05, 4.69) is 27.9 Å². The third-order valence-electron chi connectivity index (χ3n) is 2.90. The molecule has 0 spiro atoms. The zero-order valence-corrected chi connectivity index (χ0v) is 13.4. The minimum atomic E-state index is -4.36. The third kappa shape index (κ3) is 3.27. The van der Waals surface area contributed by atoms with Crippen LogP contribution in [-0.4, -0.2) is 33.8 Å². The van der Waals surface area contributed by atoms with Gasteiger partial charge in [-0.1, -0.05) is 28.7 Å². The zero-order chi connectivity index (χ0) is 14.9. The molecular formula is C12H12F3IN2OS. The molecule has 0 aromatic heterocycles. The van der Waals surface area contributed by atoms with Crippen LogP contribution in [0.3, 0.4) is 0 Å². The van der Waals surface area contributed by atoms with E-state index in [4.69, 9.17) is 17.0 Å². The van der Waals surface area contributed by atoms with Crippen molar-refractivity contribution in [2.24, 2.45) is 0 Å². The number of nitrogens with one attached hydrogen (secondary N) is 1. The van der Waals surface area contributed by atoms with Crippen LogP contribution in [0.4, 0.5) is 13.2 Å². The number of hydrogen-bond donors (Lipinski definition) is 1. The van der Waals surface area contributed by atoms with Crippen molar-refractivity contribution in [3.63, 3.8) is 0 Å². The number of thiocarbonyl (C=S) groups is 1. The number of likely N-dealkylation sites (tertiary alicyclic amines) is 1. The van der Waals surface area contributed by atoms with E-state index in [0.29, 0.717) is 11.7 Å². The van der Waals surface area contributed by atoms with Gasteiger partial charge in [-0.15, -0.1) is 0 Å². The van der Waals surface area contributed by atoms with Crippen LogP contribution in [-0.2, 0) is 6.18 Å². The Morgan fingerprint density at radius 3 is 2.75 bits per heavy atom. The van der Waals surface area contributed by atoms with Gasteiger partial charge in [0.15, 0.2) is 5.11 Å². The fourth-order valence-corrected chi connectivity index (χ4v) is 3.05. The lowest BCUT2D eigenvalue weighted by atomic mass is 10.1. The number of hydrogen-bond acceptors (Lipinski definition) is 2. The molecule has 1 aliphatic heterocycles. The molecule has 0 aliphatic carbocycles. The Morgan fingerprint density at radius 1 is 1.50 bits per heavy atom. The fraction of sp³-hybridized carbons (Fsp3) is 0.417. The molecule has 1 N–H and O–H groups in total. The number of rotatable bonds is 2. The third-order valence-corrected chi connectivity index (χ3v) is 4.82. The van der Waals surface area contributed by atoms with Crippen LogP contribution in [0.15, 0.2) is 24.3 Å². The Bertz CT molecular complexity index is 512. The molecule has 1 heterocycles. The van der Waals surface area contributed by atoms with Crippen molar-refractivity contribution in [2.75, 3.05) is 13.6 Å². The van der Waals surface area contributed by atoms with E-state index in [1.54, 1.807) is 7.05 Å². The topological polar surface area (TPSA) is 24.5 Å². The summed E-state index contributed by atoms with van der Waals surface area (Å²) in [6, 6.07) is 4.91. The van der Waals surface area contributed by atoms with E-state index in [9.17, 15) is 13.2 Å². The first-order valence-electron chi connectivity index (χ1n) is 5.79. The van der Waals surface area contributed by atoms with Gasteiger partial charge in [0.2, 0.25) is 0 Å². The maximum atomic E-state index is 12.6. The normalized spacial score (nSPS) is 22.1. The highest BCUT2D eigenvalue weighted by Gasteiger charge is 2.40. The molecule has 3 nitrogen and oxygen atoms in total. The van der Waals surface area contributed by atoms with Crippen molar-refractivity contribution in [3.05, 3.63) is 29.8 Å². The molecule has 1 aromatic carbocycles. The fourth-order valence-electron chi connectivity index (χ4n) is 1.80. The highest BCUT2D eigenvalue weighted by molar-refractivity contribution is 14.1. The van der Waals surface area contributed by atoms with E-state index in [-0.39, 0.29) is 15.9 Å². The van der Waals surface area contributed by atoms with Gasteiger partial charge >= 0.3 is 6.18 Å². The molecule has 2 unspecified atom stereocenters. The van der Waals surface area contributed by atoms with Gasteiger partial charge in [0.05, 0.1) is 12.1 Å². The van der Waals surface area contributed by atoms with Crippen molar-refractivity contribution in [3.8, 4) is 5.75 Å². The van der Waals surface area contributed by atoms with Crippen LogP contribution in [0, 0.1) is 0 Å². The smallest absolute Gasteiger partial charge is 0.416 e. The second-order valence-corrected chi connectivity index (χ2v) is 5.92. The van der Waals surface area contributed by atoms with E-state index in [0.717, 1.165) is 12.1 Å². The quantitative estimate of drug-likeness (QED) is 0.347. The molecule has 0 bridgehead atoms. The van der Waals surface area contributed by atoms with Gasteiger partial charge in [-0.05, 0) is 30.4 Å². The molecule has 8 heteroatoms. The lowest BCUT2D eigenvalue weighted by Gasteiger charge is -2.45. The Labute approximate surface area is 133 Å². The Balaban J connectivity index is 2.01. The predicted molar refractivity (Wildman–Crippen MR) is 82.0 cm³/mol. The molecule has 20 heavy (non-hydrogen) atoms. The summed E-state index contributed by atoms with van der Waals surface area (Å²) < 4.78 is 43.4. The van der Waals surface area contributed by atoms with Gasteiger partial charge in [-0.3, -0.25) is 0 Å². The van der Waals surface area contributed by atoms with Gasteiger partial charge in [-0.25, -0.2) is 0 Å². The second kappa shape index (κ2) is 5.92. The van der Waals surface area contributed by atoms with E-state index in [1.807, 2.05) is 4.90 Å². The molecular weight excluding hydrogens is 404 g/mol. The standard InChI is InChI=1S/C12H12F3IN2OS/c1-17-11(20)18-6-9(10(18)16)19-8-4-2-3-7(5-8)12(13,14)15/h2-5,9-10H,6H2,1H3,(H,17,20). The van der Waals surface area contributed by atoms with E-state index < -0.39 is 11.7 Å². The van der Waals surface area contributed by atoms with E-state index in [1.165, 1.54) is 12.1 Å². The summed E-state index contributed by atoms with van der Waals surface area (Å²) in [5.41, 5.74) is -0.707. The average Bonchev–Trinajstić information content (AvgIpc) is 2.41. The maximum Gasteiger partial charge on any atom is 0.416 e. The number of ether oxygens (including phenoxy) is 1. The maximum absolute atomic E-state index is 12.6. The lowest BCUT2D eigenvalue weighted by molar-refractivity contribution is -0.137. The summed E-state index contributed by atoms with van der Waals surface area (Å²) in [6.45, 7) is 0.559. The molecule has 2 atom stereocenters. The largest absolute Gasteiger partial charge is 0.486 e. The highest BCUT2D eigenvalue weighted by Crippen LogP contribution is 2.33. The summed E-state index contributed by atoms with van der Waals surface area (Å²) in [6.07, 6.45) is -4.53. The van der Waals surface area contributed by atoms with Gasteiger partial charge in [0.25, 0.3) is 0 Å². The monoisotopic (exact) mass is 416 g/mol. The van der Waals surface area contributed by atoms with Gasteiger partial charge in [0, 0.05) is 7.05 Å². The van der Waals surface area contributed by atoms with Crippen LogP contribution in [0.5, 0.6) is 5.75 Å². The Kier molecular flexibility index (Phi) is 4.62. The lowest BCUT2D eigenvalue weighted by Crippen LogP contribution is -2.63. The minimum absolute atomic E-state index is 0.00194. The molecule has 0 saturated carbocycles. The summed E-state index contributed by atoms with van der Waals surface area (Å²) in [5.74, 6) is 0.224. The van der Waals surface area contributed by atoms with Crippen LogP contribution in [0.1, 0.15) is 5.56 Å². The number of alkyl halides is 4. The summed E-state index contributed by atoms with van der Waals surface area (Å²) in [4.78, 5) is 1.91. The average molecular weight is 416 g/mol. The van der Waals surface area contributed by atoms with Gasteiger partial charge in [0.1, 0.15) is 15.9 Å². The molecule has 2 rings (SSSR count). The first-order valence-corrected chi connectivity index (χ1v) is 7.44. The SMILES string of the molecule is CNC(=S)N1CC(Oc2cccc(C(F)(F)F)c2)C1I. The van der Waals surface area contributed by atoms with Gasteiger partial charge in [-0.2, -0.15) is 13.2 Å². The molecule has 1 fully saturated rings. The van der Waals surface area contributed by atoms with Crippen molar-refractivity contribution in [2.45, 2.75) is 16.3 Å². The van der Waals surface area contributed by atoms with Crippen LogP contribution in [0.25, 0.3) is 0 Å². The van der Waals surface area contributed by atoms with Crippen molar-refractivity contribution >= 4 is 39.9 Å². The molecule has 1 aromatic rings. The first kappa shape index (κ1) is 15.6. The number of benzene rings is 1. The Morgan fingerprint density at radius 2 is 2.20 bits per heavy atom. The van der Waals surface area contributed by atoms with Crippen LogP contribution in [0.2, 0.25) is 0 Å². The molecule has 0 amide bonds.